The van der Waals surface area contributed by atoms with Crippen molar-refractivity contribution >= 4 is 24.8 Å². The molecule has 10 nitrogen and oxygen atoms in total. The van der Waals surface area contributed by atoms with E-state index in [1.807, 2.05) is 30.3 Å². The lowest BCUT2D eigenvalue weighted by molar-refractivity contribution is 0.116. The first kappa shape index (κ1) is 22.2. The van der Waals surface area contributed by atoms with Crippen molar-refractivity contribution in [3.05, 3.63) is 47.9 Å². The Morgan fingerprint density at radius 1 is 0.964 bits per heavy atom. The molecule has 0 amide bonds. The van der Waals surface area contributed by atoms with E-state index in [-0.39, 0.29) is 31.4 Å². The van der Waals surface area contributed by atoms with Gasteiger partial charge in [-0.3, -0.25) is 9.80 Å². The summed E-state index contributed by atoms with van der Waals surface area (Å²) in [6.07, 6.45) is 0. The Morgan fingerprint density at radius 3 is 2.29 bits per heavy atom. The van der Waals surface area contributed by atoms with Gasteiger partial charge in [0.25, 0.3) is 0 Å². The first-order chi connectivity index (χ1) is 12.8. The van der Waals surface area contributed by atoms with Gasteiger partial charge in [0, 0.05) is 26.2 Å². The van der Waals surface area contributed by atoms with Crippen LogP contribution in [0.3, 0.4) is 0 Å². The fourth-order valence-electron chi connectivity index (χ4n) is 3.02. The number of nitrogens with zero attached hydrogens (tertiary/aromatic N) is 8. The summed E-state index contributed by atoms with van der Waals surface area (Å²) >= 11 is 0. The Kier molecular flexibility index (Phi) is 8.27. The van der Waals surface area contributed by atoms with E-state index in [9.17, 15) is 0 Å². The lowest BCUT2D eigenvalue weighted by atomic mass is 10.3. The minimum Gasteiger partial charge on any atom is -0.338 e. The van der Waals surface area contributed by atoms with Crippen molar-refractivity contribution in [3.63, 3.8) is 0 Å². The Labute approximate surface area is 174 Å². The molecule has 1 aromatic carbocycles. The van der Waals surface area contributed by atoms with Gasteiger partial charge in [0.05, 0.1) is 25.3 Å². The van der Waals surface area contributed by atoms with Gasteiger partial charge in [-0.2, -0.15) is 9.67 Å². The number of halogens is 2. The molecule has 1 aliphatic heterocycles. The smallest absolute Gasteiger partial charge is 0.240 e. The number of benzene rings is 1. The van der Waals surface area contributed by atoms with E-state index in [1.54, 1.807) is 4.68 Å². The second-order valence-electron chi connectivity index (χ2n) is 6.20. The van der Waals surface area contributed by atoms with Crippen LogP contribution in [0.25, 0.3) is 5.69 Å². The Morgan fingerprint density at radius 2 is 1.64 bits per heavy atom. The lowest BCUT2D eigenvalue weighted by Crippen LogP contribution is -2.45. The van der Waals surface area contributed by atoms with Crippen molar-refractivity contribution in [1.82, 2.24) is 40.1 Å². The maximum atomic E-state index is 5.50. The maximum Gasteiger partial charge on any atom is 0.240 e. The zero-order chi connectivity index (χ0) is 17.8. The van der Waals surface area contributed by atoms with E-state index in [2.05, 4.69) is 35.5 Å². The van der Waals surface area contributed by atoms with Crippen molar-refractivity contribution < 1.29 is 4.52 Å². The number of nitrogens with two attached hydrogens (primary N) is 1. The van der Waals surface area contributed by atoms with Crippen LogP contribution in [0.15, 0.2) is 34.9 Å². The molecule has 0 spiro atoms. The third kappa shape index (κ3) is 5.24. The van der Waals surface area contributed by atoms with E-state index in [0.29, 0.717) is 18.3 Å². The van der Waals surface area contributed by atoms with Crippen LogP contribution in [-0.2, 0) is 19.6 Å². The number of rotatable bonds is 6. The quantitative estimate of drug-likeness (QED) is 0.605. The van der Waals surface area contributed by atoms with Gasteiger partial charge in [-0.25, -0.2) is 0 Å². The number of piperazine rings is 1. The van der Waals surface area contributed by atoms with E-state index in [0.717, 1.165) is 44.2 Å². The average molecular weight is 428 g/mol. The zero-order valence-electron chi connectivity index (χ0n) is 15.2. The number of hydrogen-bond donors (Lipinski definition) is 1. The number of hydrogen-bond acceptors (Lipinski definition) is 9. The first-order valence-electron chi connectivity index (χ1n) is 8.61. The topological polar surface area (TPSA) is 115 Å². The molecule has 28 heavy (non-hydrogen) atoms. The van der Waals surface area contributed by atoms with Gasteiger partial charge in [0.1, 0.15) is 0 Å². The van der Waals surface area contributed by atoms with Crippen molar-refractivity contribution in [2.75, 3.05) is 26.2 Å². The van der Waals surface area contributed by atoms with Crippen LogP contribution in [0.4, 0.5) is 0 Å². The summed E-state index contributed by atoms with van der Waals surface area (Å²) in [5, 5.41) is 16.1. The number of aromatic nitrogens is 6. The number of para-hydroxylation sites is 1. The fraction of sp³-hybridized carbons (Fsp3) is 0.438. The van der Waals surface area contributed by atoms with Crippen LogP contribution < -0.4 is 5.73 Å². The lowest BCUT2D eigenvalue weighted by Gasteiger charge is -2.33. The van der Waals surface area contributed by atoms with Crippen molar-refractivity contribution in [1.29, 1.82) is 0 Å². The predicted octanol–water partition coefficient (Wildman–Crippen LogP) is 0.665. The molecule has 2 aromatic heterocycles. The monoisotopic (exact) mass is 427 g/mol. The second kappa shape index (κ2) is 10.4. The molecule has 0 aliphatic carbocycles. The Bertz CT molecular complexity index is 834. The van der Waals surface area contributed by atoms with Crippen molar-refractivity contribution in [2.45, 2.75) is 19.6 Å². The van der Waals surface area contributed by atoms with E-state index >= 15 is 0 Å². The molecule has 1 aliphatic rings. The summed E-state index contributed by atoms with van der Waals surface area (Å²) in [5.74, 6) is 2.01. The second-order valence-corrected chi connectivity index (χ2v) is 6.20. The summed E-state index contributed by atoms with van der Waals surface area (Å²) in [7, 11) is 0. The molecule has 3 aromatic rings. The molecule has 2 N–H and O–H groups in total. The molecule has 4 rings (SSSR count). The van der Waals surface area contributed by atoms with E-state index in [1.165, 1.54) is 0 Å². The SMILES string of the molecule is Cl.Cl.NCc1nc(CN2CCN(Cc3nnnn3-c3ccccc3)CC2)no1. The van der Waals surface area contributed by atoms with Gasteiger partial charge < -0.3 is 10.3 Å². The van der Waals surface area contributed by atoms with Gasteiger partial charge in [0.15, 0.2) is 11.6 Å². The summed E-state index contributed by atoms with van der Waals surface area (Å²) in [4.78, 5) is 8.92. The highest BCUT2D eigenvalue weighted by atomic mass is 35.5. The Balaban J connectivity index is 0.00000140. The fourth-order valence-corrected chi connectivity index (χ4v) is 3.02. The van der Waals surface area contributed by atoms with Crippen LogP contribution in [0, 0.1) is 0 Å². The molecule has 3 heterocycles. The largest absolute Gasteiger partial charge is 0.338 e. The number of tetrazole rings is 1. The van der Waals surface area contributed by atoms with Crippen LogP contribution in [0.5, 0.6) is 0 Å². The minimum absolute atomic E-state index is 0. The molecule has 0 bridgehead atoms. The van der Waals surface area contributed by atoms with Crippen molar-refractivity contribution in [2.24, 2.45) is 5.73 Å². The van der Waals surface area contributed by atoms with Gasteiger partial charge in [0.2, 0.25) is 5.89 Å². The Hall–Kier alpha value is -2.11. The van der Waals surface area contributed by atoms with Crippen LogP contribution >= 0.6 is 24.8 Å². The van der Waals surface area contributed by atoms with Gasteiger partial charge in [-0.1, -0.05) is 23.4 Å². The molecule has 0 atom stereocenters. The first-order valence-corrected chi connectivity index (χ1v) is 8.61. The third-order valence-corrected chi connectivity index (χ3v) is 4.41. The highest BCUT2D eigenvalue weighted by Gasteiger charge is 2.21. The predicted molar refractivity (Wildman–Crippen MR) is 106 cm³/mol. The molecular weight excluding hydrogens is 405 g/mol. The van der Waals surface area contributed by atoms with Crippen molar-refractivity contribution in [3.8, 4) is 5.69 Å². The molecule has 0 unspecified atom stereocenters. The van der Waals surface area contributed by atoms with E-state index < -0.39 is 0 Å². The molecule has 12 heteroatoms. The van der Waals surface area contributed by atoms with Crippen LogP contribution in [0.1, 0.15) is 17.5 Å². The van der Waals surface area contributed by atoms with Gasteiger partial charge >= 0.3 is 0 Å². The highest BCUT2D eigenvalue weighted by molar-refractivity contribution is 5.85. The minimum atomic E-state index is 0. The molecule has 152 valence electrons. The summed E-state index contributed by atoms with van der Waals surface area (Å²) in [6.45, 7) is 5.40. The highest BCUT2D eigenvalue weighted by Crippen LogP contribution is 2.12. The average Bonchev–Trinajstić information content (AvgIpc) is 3.33. The molecule has 0 saturated carbocycles. The normalized spacial score (nSPS) is 15.0. The third-order valence-electron chi connectivity index (χ3n) is 4.41. The van der Waals surface area contributed by atoms with Gasteiger partial charge in [-0.05, 0) is 22.6 Å². The van der Waals surface area contributed by atoms with E-state index in [4.69, 9.17) is 10.3 Å². The van der Waals surface area contributed by atoms with Crippen LogP contribution in [-0.4, -0.2) is 66.3 Å². The maximum absolute atomic E-state index is 5.50. The summed E-state index contributed by atoms with van der Waals surface area (Å²) in [6, 6.07) is 9.94. The molecular formula is C16H23Cl2N9O. The summed E-state index contributed by atoms with van der Waals surface area (Å²) < 4.78 is 6.85. The molecule has 0 radical (unpaired) electrons. The van der Waals surface area contributed by atoms with Gasteiger partial charge in [-0.15, -0.1) is 29.9 Å². The summed E-state index contributed by atoms with van der Waals surface area (Å²) in [5.41, 5.74) is 6.47. The molecule has 1 fully saturated rings. The standard InChI is InChI=1S/C16H21N9O.2ClH/c17-10-16-18-14(20-26-16)11-23-6-8-24(9-7-23)12-15-19-21-22-25(15)13-4-2-1-3-5-13;;/h1-5H,6-12,17H2;2*1H. The van der Waals surface area contributed by atoms with Crippen LogP contribution in [0.2, 0.25) is 0 Å². The molecule has 1 saturated heterocycles. The zero-order valence-corrected chi connectivity index (χ0v) is 16.8.